The average molecular weight is 723 g/mol. The number of barbiturate groups is 1. The van der Waals surface area contributed by atoms with Crippen molar-refractivity contribution in [1.82, 2.24) is 0 Å². The number of anilines is 2. The predicted molar refractivity (Wildman–Crippen MR) is 189 cm³/mol. The number of nitrogens with zero attached hydrogens (tertiary/aromatic N) is 2. The van der Waals surface area contributed by atoms with Crippen molar-refractivity contribution in [3.05, 3.63) is 135 Å². The number of amides is 4. The number of ether oxygens (including phenoxy) is 2. The number of carbonyl (C=O) groups excluding carboxylic acids is 3. The summed E-state index contributed by atoms with van der Waals surface area (Å²) in [5.74, 6) is -0.352. The molecule has 8 heteroatoms. The number of halogens is 1. The van der Waals surface area contributed by atoms with Crippen LogP contribution in [0.15, 0.2) is 109 Å². The van der Waals surface area contributed by atoms with Gasteiger partial charge in [0.25, 0.3) is 11.8 Å². The maximum atomic E-state index is 14.2. The maximum absolute atomic E-state index is 14.2. The van der Waals surface area contributed by atoms with Gasteiger partial charge in [-0.05, 0) is 102 Å². The van der Waals surface area contributed by atoms with E-state index >= 15 is 0 Å². The van der Waals surface area contributed by atoms with Crippen LogP contribution in [0.3, 0.4) is 0 Å². The minimum atomic E-state index is -0.737. The lowest BCUT2D eigenvalue weighted by atomic mass is 10.0. The first kappa shape index (κ1) is 31.0. The van der Waals surface area contributed by atoms with Gasteiger partial charge in [-0.15, -0.1) is 0 Å². The number of rotatable bonds is 8. The molecule has 0 radical (unpaired) electrons. The van der Waals surface area contributed by atoms with E-state index < -0.39 is 17.8 Å². The summed E-state index contributed by atoms with van der Waals surface area (Å²) >= 11 is 2.17. The lowest BCUT2D eigenvalue weighted by Gasteiger charge is -2.34. The van der Waals surface area contributed by atoms with E-state index in [0.717, 1.165) is 29.9 Å². The Hall–Kier alpha value is -4.96. The van der Waals surface area contributed by atoms with Crippen molar-refractivity contribution >= 4 is 68.7 Å². The van der Waals surface area contributed by atoms with Crippen molar-refractivity contribution < 1.29 is 23.9 Å². The number of aryl methyl sites for hydroxylation is 2. The van der Waals surface area contributed by atoms with Crippen molar-refractivity contribution in [2.45, 2.75) is 27.4 Å². The van der Waals surface area contributed by atoms with E-state index in [1.165, 1.54) is 11.6 Å². The van der Waals surface area contributed by atoms with Crippen LogP contribution in [0.2, 0.25) is 0 Å². The van der Waals surface area contributed by atoms with Gasteiger partial charge in [-0.3, -0.25) is 9.59 Å². The Labute approximate surface area is 281 Å². The third-order valence-corrected chi connectivity index (χ3v) is 8.46. The second kappa shape index (κ2) is 13.2. The van der Waals surface area contributed by atoms with Crippen LogP contribution in [-0.2, 0) is 16.2 Å². The molecule has 0 N–H and O–H groups in total. The summed E-state index contributed by atoms with van der Waals surface area (Å²) < 4.78 is 12.9. The number of fused-ring (bicyclic) bond motifs is 1. The third kappa shape index (κ3) is 6.12. The van der Waals surface area contributed by atoms with Crippen molar-refractivity contribution in [3.8, 4) is 11.5 Å². The molecule has 0 aromatic heterocycles. The molecule has 0 bridgehead atoms. The molecular weight excluding hydrogens is 691 g/mol. The van der Waals surface area contributed by atoms with Crippen LogP contribution < -0.4 is 19.3 Å². The summed E-state index contributed by atoms with van der Waals surface area (Å²) in [5, 5.41) is 1.58. The highest BCUT2D eigenvalue weighted by Crippen LogP contribution is 2.38. The predicted octanol–water partition coefficient (Wildman–Crippen LogP) is 8.62. The molecule has 1 fully saturated rings. The van der Waals surface area contributed by atoms with Crippen LogP contribution in [0, 0.1) is 17.4 Å². The highest BCUT2D eigenvalue weighted by molar-refractivity contribution is 14.1. The molecular formula is C38H31IN2O5. The van der Waals surface area contributed by atoms with Gasteiger partial charge in [-0.25, -0.2) is 14.6 Å². The molecule has 0 unspecified atom stereocenters. The number of imide groups is 2. The van der Waals surface area contributed by atoms with E-state index in [1.807, 2.05) is 87.5 Å². The largest absolute Gasteiger partial charge is 0.490 e. The van der Waals surface area contributed by atoms with Crippen LogP contribution in [-0.4, -0.2) is 24.5 Å². The Morgan fingerprint density at radius 3 is 2.22 bits per heavy atom. The SMILES string of the molecule is CCOc1cc(/C=C2\C(=O)N(c3cccc(C)c3)C(=O)N(c3cccc4ccccc34)C2=O)cc(I)c1OCc1ccc(C)cc1. The molecule has 6 rings (SSSR count). The van der Waals surface area contributed by atoms with Gasteiger partial charge in [0.1, 0.15) is 12.2 Å². The van der Waals surface area contributed by atoms with Crippen LogP contribution in [0.1, 0.15) is 29.2 Å². The van der Waals surface area contributed by atoms with Crippen molar-refractivity contribution in [3.63, 3.8) is 0 Å². The second-order valence-corrected chi connectivity index (χ2v) is 12.2. The molecule has 5 aromatic carbocycles. The molecule has 0 saturated carbocycles. The summed E-state index contributed by atoms with van der Waals surface area (Å²) in [6.45, 7) is 6.53. The highest BCUT2D eigenvalue weighted by atomic mass is 127. The monoisotopic (exact) mass is 722 g/mol. The van der Waals surface area contributed by atoms with Crippen molar-refractivity contribution in [2.24, 2.45) is 0 Å². The van der Waals surface area contributed by atoms with Gasteiger partial charge in [0.05, 0.1) is 21.6 Å². The standard InChI is InChI=1S/C38H31IN2O5/c1-4-45-34-22-27(21-32(39)35(34)46-23-26-17-15-24(2)16-18-26)20-31-36(42)40(29-12-7-9-25(3)19-29)38(44)41(37(31)43)33-14-8-11-28-10-5-6-13-30(28)33/h5-22H,4,23H2,1-3H3/b31-20+. The minimum Gasteiger partial charge on any atom is -0.490 e. The number of hydrogen-bond donors (Lipinski definition) is 0. The Bertz CT molecular complexity index is 2010. The van der Waals surface area contributed by atoms with E-state index in [1.54, 1.807) is 36.4 Å². The van der Waals surface area contributed by atoms with E-state index in [9.17, 15) is 14.4 Å². The van der Waals surface area contributed by atoms with Gasteiger partial charge < -0.3 is 9.47 Å². The second-order valence-electron chi connectivity index (χ2n) is 11.0. The van der Waals surface area contributed by atoms with Gasteiger partial charge in [-0.1, -0.05) is 78.4 Å². The summed E-state index contributed by atoms with van der Waals surface area (Å²) in [6.07, 6.45) is 1.52. The van der Waals surface area contributed by atoms with Crippen LogP contribution in [0.25, 0.3) is 16.8 Å². The Balaban J connectivity index is 1.45. The first-order valence-corrected chi connectivity index (χ1v) is 16.0. The lowest BCUT2D eigenvalue weighted by Crippen LogP contribution is -2.57. The van der Waals surface area contributed by atoms with E-state index in [2.05, 4.69) is 22.6 Å². The van der Waals surface area contributed by atoms with E-state index in [-0.39, 0.29) is 5.57 Å². The molecule has 0 atom stereocenters. The van der Waals surface area contributed by atoms with Crippen molar-refractivity contribution in [1.29, 1.82) is 0 Å². The van der Waals surface area contributed by atoms with Crippen LogP contribution in [0.5, 0.6) is 11.5 Å². The van der Waals surface area contributed by atoms with Gasteiger partial charge in [-0.2, -0.15) is 0 Å². The number of benzene rings is 5. The first-order valence-electron chi connectivity index (χ1n) is 14.9. The number of hydrogen-bond acceptors (Lipinski definition) is 5. The molecule has 0 spiro atoms. The van der Waals surface area contributed by atoms with E-state index in [0.29, 0.717) is 47.0 Å². The van der Waals surface area contributed by atoms with Crippen LogP contribution in [0.4, 0.5) is 16.2 Å². The van der Waals surface area contributed by atoms with Gasteiger partial charge in [0.2, 0.25) is 0 Å². The van der Waals surface area contributed by atoms with Gasteiger partial charge in [0.15, 0.2) is 11.5 Å². The van der Waals surface area contributed by atoms with E-state index in [4.69, 9.17) is 9.47 Å². The average Bonchev–Trinajstić information content (AvgIpc) is 3.04. The third-order valence-electron chi connectivity index (χ3n) is 7.66. The number of urea groups is 1. The summed E-state index contributed by atoms with van der Waals surface area (Å²) in [7, 11) is 0. The fourth-order valence-corrected chi connectivity index (χ4v) is 6.20. The quantitative estimate of drug-likeness (QED) is 0.0911. The molecule has 0 aliphatic carbocycles. The molecule has 5 aromatic rings. The molecule has 7 nitrogen and oxygen atoms in total. The molecule has 46 heavy (non-hydrogen) atoms. The van der Waals surface area contributed by atoms with Crippen molar-refractivity contribution in [2.75, 3.05) is 16.4 Å². The minimum absolute atomic E-state index is 0.152. The molecule has 230 valence electrons. The van der Waals surface area contributed by atoms with Gasteiger partial charge in [0, 0.05) is 5.39 Å². The smallest absolute Gasteiger partial charge is 0.343 e. The molecule has 1 saturated heterocycles. The first-order chi connectivity index (χ1) is 22.2. The Morgan fingerprint density at radius 2 is 1.46 bits per heavy atom. The molecule has 4 amide bonds. The zero-order chi connectivity index (χ0) is 32.4. The highest BCUT2D eigenvalue weighted by Gasteiger charge is 2.44. The Morgan fingerprint density at radius 1 is 0.739 bits per heavy atom. The van der Waals surface area contributed by atoms with Gasteiger partial charge >= 0.3 is 6.03 Å². The Kier molecular flexibility index (Phi) is 8.90. The summed E-state index contributed by atoms with van der Waals surface area (Å²) in [4.78, 5) is 44.5. The number of carbonyl (C=O) groups is 3. The summed E-state index contributed by atoms with van der Waals surface area (Å²) in [6, 6.07) is 31.0. The fourth-order valence-electron chi connectivity index (χ4n) is 5.42. The molecule has 1 aliphatic rings. The lowest BCUT2D eigenvalue weighted by molar-refractivity contribution is -0.121. The fraction of sp³-hybridized carbons (Fsp3) is 0.132. The zero-order valence-electron chi connectivity index (χ0n) is 25.6. The topological polar surface area (TPSA) is 76.2 Å². The molecule has 1 aliphatic heterocycles. The summed E-state index contributed by atoms with van der Waals surface area (Å²) in [5.41, 5.74) is 4.23. The molecule has 1 heterocycles. The van der Waals surface area contributed by atoms with Crippen LogP contribution >= 0.6 is 22.6 Å². The normalized spacial score (nSPS) is 14.3. The maximum Gasteiger partial charge on any atom is 0.343 e. The zero-order valence-corrected chi connectivity index (χ0v) is 27.8.